The predicted octanol–water partition coefficient (Wildman–Crippen LogP) is 0.925. The molecule has 2 atom stereocenters. The van der Waals surface area contributed by atoms with Crippen molar-refractivity contribution in [2.24, 2.45) is 5.92 Å². The number of carboxylic acids is 1. The quantitative estimate of drug-likeness (QED) is 0.470. The molecule has 0 aromatic carbocycles. The summed E-state index contributed by atoms with van der Waals surface area (Å²) in [6.07, 6.45) is 2.81. The summed E-state index contributed by atoms with van der Waals surface area (Å²) in [5.74, 6) is 0.349. The summed E-state index contributed by atoms with van der Waals surface area (Å²) in [6, 6.07) is -0.367. The summed E-state index contributed by atoms with van der Waals surface area (Å²) < 4.78 is 0. The van der Waals surface area contributed by atoms with Crippen molar-refractivity contribution in [1.82, 2.24) is 5.32 Å². The van der Waals surface area contributed by atoms with Crippen molar-refractivity contribution < 1.29 is 9.90 Å². The SMILES string of the molecule is CC(=CC1CN[C@H](C(=O)O)C1)CS. The topological polar surface area (TPSA) is 49.3 Å². The molecule has 1 aliphatic heterocycles. The number of thiol groups is 1. The molecule has 4 heteroatoms. The minimum atomic E-state index is -0.751. The maximum atomic E-state index is 10.6. The highest BCUT2D eigenvalue weighted by molar-refractivity contribution is 7.80. The predicted molar refractivity (Wildman–Crippen MR) is 55.1 cm³/mol. The van der Waals surface area contributed by atoms with E-state index in [1.165, 1.54) is 5.57 Å². The fraction of sp³-hybridized carbons (Fsp3) is 0.667. The van der Waals surface area contributed by atoms with Crippen molar-refractivity contribution in [1.29, 1.82) is 0 Å². The van der Waals surface area contributed by atoms with Gasteiger partial charge in [-0.15, -0.1) is 0 Å². The zero-order valence-electron chi connectivity index (χ0n) is 7.66. The molecule has 0 aromatic heterocycles. The minimum absolute atomic E-state index is 0.355. The van der Waals surface area contributed by atoms with Crippen molar-refractivity contribution in [3.63, 3.8) is 0 Å². The molecule has 1 unspecified atom stereocenters. The van der Waals surface area contributed by atoms with Gasteiger partial charge in [0, 0.05) is 12.3 Å². The summed E-state index contributed by atoms with van der Waals surface area (Å²) >= 11 is 4.15. The van der Waals surface area contributed by atoms with Gasteiger partial charge in [0.05, 0.1) is 0 Å². The van der Waals surface area contributed by atoms with Crippen LogP contribution in [0.25, 0.3) is 0 Å². The molecule has 0 radical (unpaired) electrons. The Morgan fingerprint density at radius 3 is 2.92 bits per heavy atom. The highest BCUT2D eigenvalue weighted by atomic mass is 32.1. The number of carbonyl (C=O) groups is 1. The van der Waals surface area contributed by atoms with Crippen LogP contribution in [-0.4, -0.2) is 29.4 Å². The number of aliphatic carboxylic acids is 1. The molecule has 0 aromatic rings. The summed E-state index contributed by atoms with van der Waals surface area (Å²) in [5.41, 5.74) is 1.21. The van der Waals surface area contributed by atoms with Gasteiger partial charge < -0.3 is 10.4 Å². The summed E-state index contributed by atoms with van der Waals surface area (Å²) in [6.45, 7) is 2.78. The van der Waals surface area contributed by atoms with Crippen LogP contribution < -0.4 is 5.32 Å². The van der Waals surface area contributed by atoms with Gasteiger partial charge in [0.2, 0.25) is 0 Å². The molecule has 1 heterocycles. The van der Waals surface area contributed by atoms with E-state index >= 15 is 0 Å². The van der Waals surface area contributed by atoms with Crippen LogP contribution in [0.5, 0.6) is 0 Å². The Bertz CT molecular complexity index is 228. The third kappa shape index (κ3) is 3.04. The van der Waals surface area contributed by atoms with Gasteiger partial charge in [0.25, 0.3) is 0 Å². The molecule has 2 N–H and O–H groups in total. The average Bonchev–Trinajstić information content (AvgIpc) is 2.52. The highest BCUT2D eigenvalue weighted by Crippen LogP contribution is 2.17. The van der Waals surface area contributed by atoms with Crippen molar-refractivity contribution in [3.8, 4) is 0 Å². The van der Waals surface area contributed by atoms with Gasteiger partial charge >= 0.3 is 5.97 Å². The monoisotopic (exact) mass is 201 g/mol. The van der Waals surface area contributed by atoms with Gasteiger partial charge in [0.15, 0.2) is 0 Å². The normalized spacial score (nSPS) is 29.2. The van der Waals surface area contributed by atoms with E-state index in [0.717, 1.165) is 12.3 Å². The van der Waals surface area contributed by atoms with Crippen molar-refractivity contribution in [2.45, 2.75) is 19.4 Å². The highest BCUT2D eigenvalue weighted by Gasteiger charge is 2.27. The molecular weight excluding hydrogens is 186 g/mol. The molecule has 13 heavy (non-hydrogen) atoms. The third-order valence-corrected chi connectivity index (χ3v) is 2.73. The summed E-state index contributed by atoms with van der Waals surface area (Å²) in [5, 5.41) is 11.7. The molecule has 0 saturated carbocycles. The van der Waals surface area contributed by atoms with Gasteiger partial charge in [-0.05, 0) is 19.3 Å². The zero-order chi connectivity index (χ0) is 9.84. The lowest BCUT2D eigenvalue weighted by Gasteiger charge is -2.03. The second kappa shape index (κ2) is 4.67. The van der Waals surface area contributed by atoms with E-state index in [1.54, 1.807) is 0 Å². The molecule has 74 valence electrons. The molecule has 1 fully saturated rings. The van der Waals surface area contributed by atoms with Gasteiger partial charge in [0.1, 0.15) is 6.04 Å². The summed E-state index contributed by atoms with van der Waals surface area (Å²) in [4.78, 5) is 10.6. The molecule has 0 aliphatic carbocycles. The first-order chi connectivity index (χ1) is 6.13. The Morgan fingerprint density at radius 2 is 2.46 bits per heavy atom. The first kappa shape index (κ1) is 10.6. The second-order valence-corrected chi connectivity index (χ2v) is 3.78. The molecule has 3 nitrogen and oxygen atoms in total. The number of nitrogens with one attached hydrogen (secondary N) is 1. The maximum absolute atomic E-state index is 10.6. The van der Waals surface area contributed by atoms with E-state index in [0.29, 0.717) is 12.3 Å². The summed E-state index contributed by atoms with van der Waals surface area (Å²) in [7, 11) is 0. The zero-order valence-corrected chi connectivity index (χ0v) is 8.55. The van der Waals surface area contributed by atoms with Crippen molar-refractivity contribution in [3.05, 3.63) is 11.6 Å². The van der Waals surface area contributed by atoms with Crippen molar-refractivity contribution >= 4 is 18.6 Å². The van der Waals surface area contributed by atoms with E-state index in [-0.39, 0.29) is 6.04 Å². The van der Waals surface area contributed by atoms with Crippen LogP contribution in [0.15, 0.2) is 11.6 Å². The van der Waals surface area contributed by atoms with E-state index in [2.05, 4.69) is 24.0 Å². The van der Waals surface area contributed by atoms with Crippen LogP contribution in [0.2, 0.25) is 0 Å². The van der Waals surface area contributed by atoms with Crippen LogP contribution in [-0.2, 0) is 4.79 Å². The van der Waals surface area contributed by atoms with Crippen LogP contribution in [0.3, 0.4) is 0 Å². The van der Waals surface area contributed by atoms with Gasteiger partial charge in [-0.3, -0.25) is 4.79 Å². The Hall–Kier alpha value is -0.480. The molecule has 1 rings (SSSR count). The smallest absolute Gasteiger partial charge is 0.320 e. The molecule has 1 saturated heterocycles. The largest absolute Gasteiger partial charge is 0.480 e. The van der Waals surface area contributed by atoms with Crippen LogP contribution in [0.1, 0.15) is 13.3 Å². The van der Waals surface area contributed by atoms with E-state index in [1.807, 2.05) is 6.92 Å². The van der Waals surface area contributed by atoms with Gasteiger partial charge in [-0.1, -0.05) is 11.6 Å². The van der Waals surface area contributed by atoms with E-state index < -0.39 is 5.97 Å². The number of rotatable bonds is 3. The van der Waals surface area contributed by atoms with E-state index in [9.17, 15) is 4.79 Å². The standard InChI is InChI=1S/C9H15NO2S/c1-6(5-13)2-7-3-8(9(11)12)10-4-7/h2,7-8,10,13H,3-5H2,1H3,(H,11,12)/t7?,8-/m0/s1. The molecular formula is C9H15NO2S. The first-order valence-electron chi connectivity index (χ1n) is 4.38. The van der Waals surface area contributed by atoms with Gasteiger partial charge in [-0.25, -0.2) is 0 Å². The number of hydrogen-bond donors (Lipinski definition) is 3. The lowest BCUT2D eigenvalue weighted by molar-refractivity contribution is -0.139. The fourth-order valence-corrected chi connectivity index (χ4v) is 1.64. The van der Waals surface area contributed by atoms with Crippen LogP contribution in [0, 0.1) is 5.92 Å². The Balaban J connectivity index is 2.46. The number of hydrogen-bond acceptors (Lipinski definition) is 3. The molecule has 0 spiro atoms. The molecule has 0 bridgehead atoms. The average molecular weight is 201 g/mol. The fourth-order valence-electron chi connectivity index (χ4n) is 1.53. The third-order valence-electron chi connectivity index (χ3n) is 2.23. The number of carboxylic acid groups (broad SMARTS) is 1. The lowest BCUT2D eigenvalue weighted by atomic mass is 10.0. The van der Waals surface area contributed by atoms with Crippen LogP contribution in [0.4, 0.5) is 0 Å². The first-order valence-corrected chi connectivity index (χ1v) is 5.01. The maximum Gasteiger partial charge on any atom is 0.320 e. The lowest BCUT2D eigenvalue weighted by Crippen LogP contribution is -2.29. The second-order valence-electron chi connectivity index (χ2n) is 3.47. The van der Waals surface area contributed by atoms with Crippen molar-refractivity contribution in [2.75, 3.05) is 12.3 Å². The molecule has 1 aliphatic rings. The van der Waals surface area contributed by atoms with Gasteiger partial charge in [-0.2, -0.15) is 12.6 Å². The Kier molecular flexibility index (Phi) is 3.81. The van der Waals surface area contributed by atoms with Crippen LogP contribution >= 0.6 is 12.6 Å². The molecule has 0 amide bonds. The Morgan fingerprint density at radius 1 is 1.77 bits per heavy atom. The van der Waals surface area contributed by atoms with E-state index in [4.69, 9.17) is 5.11 Å². The minimum Gasteiger partial charge on any atom is -0.480 e. The Labute approximate surface area is 83.6 Å².